The molecule has 2 aromatic rings. The zero-order valence-corrected chi connectivity index (χ0v) is 12.7. The first-order valence-corrected chi connectivity index (χ1v) is 7.96. The van der Waals surface area contributed by atoms with Gasteiger partial charge in [0.05, 0.1) is 5.69 Å². The van der Waals surface area contributed by atoms with Crippen LogP contribution in [0.15, 0.2) is 42.5 Å². The number of fused-ring (bicyclic) bond motifs is 1. The summed E-state index contributed by atoms with van der Waals surface area (Å²) in [6.45, 7) is 0.893. The predicted molar refractivity (Wildman–Crippen MR) is 89.0 cm³/mol. The summed E-state index contributed by atoms with van der Waals surface area (Å²) in [6.07, 6.45) is 3.79. The summed E-state index contributed by atoms with van der Waals surface area (Å²) in [7, 11) is 0. The Morgan fingerprint density at radius 1 is 1.18 bits per heavy atom. The fraction of sp³-hybridized carbons (Fsp3) is 0.389. The number of hydrogen-bond acceptors (Lipinski definition) is 2. The molecule has 1 fully saturated rings. The molecular weight excluding hydrogens is 276 g/mol. The fourth-order valence-electron chi connectivity index (χ4n) is 3.24. The molecule has 116 valence electrons. The average Bonchev–Trinajstić information content (AvgIpc) is 2.56. The third kappa shape index (κ3) is 3.07. The van der Waals surface area contributed by atoms with Gasteiger partial charge in [-0.05, 0) is 37.1 Å². The van der Waals surface area contributed by atoms with E-state index in [4.69, 9.17) is 0 Å². The van der Waals surface area contributed by atoms with Crippen LogP contribution in [0.5, 0.6) is 0 Å². The first-order chi connectivity index (χ1) is 10.8. The van der Waals surface area contributed by atoms with Crippen molar-refractivity contribution in [3.8, 4) is 0 Å². The maximum Gasteiger partial charge on any atom is 0.322 e. The van der Waals surface area contributed by atoms with Gasteiger partial charge in [0.25, 0.3) is 0 Å². The molecule has 4 nitrogen and oxygen atoms in total. The van der Waals surface area contributed by atoms with Gasteiger partial charge in [-0.2, -0.15) is 0 Å². The standard InChI is InChI=1S/C18H22N2O2/c21-13-11-15-8-3-4-12-20(15)18(22)19-17-10-5-7-14-6-1-2-9-16(14)17/h1-2,5-7,9-10,15,21H,3-4,8,11-13H2,(H,19,22)/t15-/m0/s1. The van der Waals surface area contributed by atoms with Crippen LogP contribution in [0.1, 0.15) is 25.7 Å². The summed E-state index contributed by atoms with van der Waals surface area (Å²) < 4.78 is 0. The lowest BCUT2D eigenvalue weighted by molar-refractivity contribution is 0.141. The van der Waals surface area contributed by atoms with Gasteiger partial charge in [-0.1, -0.05) is 36.4 Å². The number of rotatable bonds is 3. The molecule has 0 spiro atoms. The number of anilines is 1. The smallest absolute Gasteiger partial charge is 0.322 e. The molecule has 1 atom stereocenters. The van der Waals surface area contributed by atoms with Crippen LogP contribution >= 0.6 is 0 Å². The summed E-state index contributed by atoms with van der Waals surface area (Å²) >= 11 is 0. The van der Waals surface area contributed by atoms with Gasteiger partial charge in [0.1, 0.15) is 0 Å². The molecule has 0 unspecified atom stereocenters. The minimum absolute atomic E-state index is 0.0606. The number of carbonyl (C=O) groups excluding carboxylic acids is 1. The Kier molecular flexibility index (Phi) is 4.59. The van der Waals surface area contributed by atoms with Crippen LogP contribution in [0.3, 0.4) is 0 Å². The molecule has 4 heteroatoms. The molecule has 22 heavy (non-hydrogen) atoms. The quantitative estimate of drug-likeness (QED) is 0.909. The number of carbonyl (C=O) groups is 1. The Labute approximate surface area is 130 Å². The van der Waals surface area contributed by atoms with Crippen molar-refractivity contribution in [2.45, 2.75) is 31.7 Å². The molecule has 1 aliphatic rings. The van der Waals surface area contributed by atoms with Crippen LogP contribution in [0.25, 0.3) is 10.8 Å². The van der Waals surface area contributed by atoms with Gasteiger partial charge < -0.3 is 15.3 Å². The third-order valence-electron chi connectivity index (χ3n) is 4.38. The number of urea groups is 1. The molecule has 3 rings (SSSR count). The van der Waals surface area contributed by atoms with E-state index in [1.54, 1.807) is 0 Å². The van der Waals surface area contributed by atoms with E-state index < -0.39 is 0 Å². The van der Waals surface area contributed by atoms with Gasteiger partial charge in [-0.25, -0.2) is 4.79 Å². The SMILES string of the molecule is O=C(Nc1cccc2ccccc12)N1CCCC[C@H]1CCO. The van der Waals surface area contributed by atoms with Crippen molar-refractivity contribution in [1.29, 1.82) is 0 Å². The highest BCUT2D eigenvalue weighted by atomic mass is 16.3. The van der Waals surface area contributed by atoms with Crippen molar-refractivity contribution >= 4 is 22.5 Å². The van der Waals surface area contributed by atoms with Crippen LogP contribution in [0, 0.1) is 0 Å². The lowest BCUT2D eigenvalue weighted by atomic mass is 10.00. The Hall–Kier alpha value is -2.07. The van der Waals surface area contributed by atoms with E-state index in [0.717, 1.165) is 42.3 Å². The van der Waals surface area contributed by atoms with Crippen molar-refractivity contribution in [3.05, 3.63) is 42.5 Å². The van der Waals surface area contributed by atoms with Gasteiger partial charge in [0.2, 0.25) is 0 Å². The van der Waals surface area contributed by atoms with Crippen LogP contribution < -0.4 is 5.32 Å². The number of benzene rings is 2. The second kappa shape index (κ2) is 6.79. The topological polar surface area (TPSA) is 52.6 Å². The minimum atomic E-state index is -0.0606. The first-order valence-electron chi connectivity index (χ1n) is 7.96. The van der Waals surface area contributed by atoms with E-state index in [0.29, 0.717) is 6.42 Å². The average molecular weight is 298 g/mol. The fourth-order valence-corrected chi connectivity index (χ4v) is 3.24. The molecule has 1 aliphatic heterocycles. The van der Waals surface area contributed by atoms with E-state index >= 15 is 0 Å². The van der Waals surface area contributed by atoms with E-state index in [9.17, 15) is 9.90 Å². The van der Waals surface area contributed by atoms with E-state index in [2.05, 4.69) is 5.32 Å². The second-order valence-electron chi connectivity index (χ2n) is 5.81. The number of amides is 2. The van der Waals surface area contributed by atoms with Crippen molar-refractivity contribution < 1.29 is 9.90 Å². The van der Waals surface area contributed by atoms with Crippen LogP contribution in [-0.2, 0) is 0 Å². The molecule has 0 bridgehead atoms. The number of aliphatic hydroxyl groups excluding tert-OH is 1. The highest BCUT2D eigenvalue weighted by Crippen LogP contribution is 2.25. The maximum absolute atomic E-state index is 12.6. The Balaban J connectivity index is 1.80. The number of piperidine rings is 1. The second-order valence-corrected chi connectivity index (χ2v) is 5.81. The summed E-state index contributed by atoms with van der Waals surface area (Å²) in [5, 5.41) is 14.4. The molecule has 0 aliphatic carbocycles. The Morgan fingerprint density at radius 2 is 2.00 bits per heavy atom. The van der Waals surface area contributed by atoms with Crippen molar-refractivity contribution in [2.24, 2.45) is 0 Å². The number of nitrogens with zero attached hydrogens (tertiary/aromatic N) is 1. The predicted octanol–water partition coefficient (Wildman–Crippen LogP) is 3.61. The molecule has 2 aromatic carbocycles. The number of aliphatic hydroxyl groups is 1. The minimum Gasteiger partial charge on any atom is -0.396 e. The van der Waals surface area contributed by atoms with E-state index in [1.165, 1.54) is 0 Å². The summed E-state index contributed by atoms with van der Waals surface area (Å²) in [5.74, 6) is 0. The van der Waals surface area contributed by atoms with E-state index in [1.807, 2.05) is 47.4 Å². The molecule has 0 radical (unpaired) electrons. The first kappa shape index (κ1) is 14.9. The van der Waals surface area contributed by atoms with Crippen molar-refractivity contribution in [3.63, 3.8) is 0 Å². The zero-order valence-electron chi connectivity index (χ0n) is 12.7. The van der Waals surface area contributed by atoms with Crippen LogP contribution in [0.2, 0.25) is 0 Å². The summed E-state index contributed by atoms with van der Waals surface area (Å²) in [6, 6.07) is 14.1. The Morgan fingerprint density at radius 3 is 2.86 bits per heavy atom. The molecule has 1 saturated heterocycles. The molecule has 1 heterocycles. The zero-order chi connectivity index (χ0) is 15.4. The largest absolute Gasteiger partial charge is 0.396 e. The molecule has 0 aromatic heterocycles. The van der Waals surface area contributed by atoms with Gasteiger partial charge >= 0.3 is 6.03 Å². The van der Waals surface area contributed by atoms with E-state index in [-0.39, 0.29) is 18.7 Å². The summed E-state index contributed by atoms with van der Waals surface area (Å²) in [5.41, 5.74) is 0.844. The van der Waals surface area contributed by atoms with Crippen LogP contribution in [-0.4, -0.2) is 35.2 Å². The lowest BCUT2D eigenvalue weighted by Crippen LogP contribution is -2.46. The normalized spacial score (nSPS) is 18.4. The van der Waals surface area contributed by atoms with Gasteiger partial charge in [-0.15, -0.1) is 0 Å². The molecule has 2 N–H and O–H groups in total. The molecule has 2 amide bonds. The lowest BCUT2D eigenvalue weighted by Gasteiger charge is -2.35. The monoisotopic (exact) mass is 298 g/mol. The maximum atomic E-state index is 12.6. The van der Waals surface area contributed by atoms with Crippen LogP contribution in [0.4, 0.5) is 10.5 Å². The Bertz CT molecular complexity index is 649. The van der Waals surface area contributed by atoms with Gasteiger partial charge in [-0.3, -0.25) is 0 Å². The third-order valence-corrected chi connectivity index (χ3v) is 4.38. The number of hydrogen-bond donors (Lipinski definition) is 2. The van der Waals surface area contributed by atoms with Gasteiger partial charge in [0.15, 0.2) is 0 Å². The highest BCUT2D eigenvalue weighted by Gasteiger charge is 2.26. The molecule has 0 saturated carbocycles. The number of likely N-dealkylation sites (tertiary alicyclic amines) is 1. The van der Waals surface area contributed by atoms with Gasteiger partial charge in [0, 0.05) is 24.6 Å². The molecular formula is C18H22N2O2. The highest BCUT2D eigenvalue weighted by molar-refractivity contribution is 6.01. The van der Waals surface area contributed by atoms with Crippen molar-refractivity contribution in [2.75, 3.05) is 18.5 Å². The number of nitrogens with one attached hydrogen (secondary N) is 1. The van der Waals surface area contributed by atoms with Crippen molar-refractivity contribution in [1.82, 2.24) is 4.90 Å². The summed E-state index contributed by atoms with van der Waals surface area (Å²) in [4.78, 5) is 14.5.